The number of Topliss-reactive ketones (excluding diaryl/α,β-unsaturated/α-hetero) is 4. The first-order valence-corrected chi connectivity index (χ1v) is 33.3. The van der Waals surface area contributed by atoms with E-state index in [1.54, 1.807) is 79.9 Å². The summed E-state index contributed by atoms with van der Waals surface area (Å²) < 4.78 is 23.8. The Balaban J connectivity index is 0.000000263. The number of hydrogen-bond donors (Lipinski definition) is 3. The lowest BCUT2D eigenvalue weighted by molar-refractivity contribution is -0.139. The van der Waals surface area contributed by atoms with Gasteiger partial charge in [0.2, 0.25) is 35.3 Å². The van der Waals surface area contributed by atoms with Crippen LogP contribution in [0, 0.1) is 31.6 Å². The molecule has 3 aliphatic rings. The maximum absolute atomic E-state index is 13.3. The van der Waals surface area contributed by atoms with Gasteiger partial charge in [-0.25, -0.2) is 4.98 Å². The van der Waals surface area contributed by atoms with E-state index in [0.717, 1.165) is 69.5 Å². The van der Waals surface area contributed by atoms with E-state index in [1.807, 2.05) is 74.7 Å². The molecule has 0 bridgehead atoms. The first kappa shape index (κ1) is 73.4. The number of aromatic nitrogens is 5. The standard InChI is InChI=1S/C42H55N5O10.C31H37N5O4/c1-26(2)35(24-34(50)13-17-57-19-18-56-16-7-8-33(49)12-15-47-39(52)20-27(3)41(47)54)40(53)43-28(4)38(51)22-30-9-10-36-31(21-30)11-14-46(36)42(55)37-23-32(25-45(37)6)44-29(5)48;1-19-11-24-9-8-23-15-27(20(2)12-25(23)31(39)36(24)16-19)40-10-6-7-29(38)32-28-18-35(5)30(33-28)26(37)14-22-13-21(3)34(4)17-22/h9-11,14,21,23,25-28,35H,7-8,12-13,15-20,22,24H2,1-6H3,(H,43,53)(H,44,48);12-13,15,17-18,24H,1,6-11,14,16H2,2-5H3,(H,32,38)/t27?,28-,35-;24-/m01/s1. The fourth-order valence-electron chi connectivity index (χ4n) is 12.4. The SMILES string of the molecule is C=C1C[C@H]2CCc3cc(OCCCC(=O)Nc4cn(C)c(C(=O)Cc5cc(C)n(C)c5)n4)c(C)cc3C(=O)N2C1.CC(=O)Nc1cc(C(=O)n2ccc3cc(CC(=O)[C@H](C)NC(=O)[C@@H](CC(=O)CCOCCOCCCC(=O)CCN4C(=O)CC(C)C4=O)C(C)C)ccc32)n(C)c1. The topological polar surface area (TPSA) is 291 Å². The third-order valence-corrected chi connectivity index (χ3v) is 17.9. The molecule has 0 radical (unpaired) electrons. The van der Waals surface area contributed by atoms with Crippen LogP contribution in [0.15, 0.2) is 85.5 Å². The number of nitrogens with one attached hydrogen (secondary N) is 3. The highest BCUT2D eigenvalue weighted by atomic mass is 16.5. The van der Waals surface area contributed by atoms with Gasteiger partial charge in [-0.3, -0.25) is 62.2 Å². The molecule has 518 valence electrons. The third kappa shape index (κ3) is 19.6. The predicted octanol–water partition coefficient (Wildman–Crippen LogP) is 8.35. The minimum absolute atomic E-state index is 0.0150. The molecular weight excluding hydrogens is 1240 g/mol. The van der Waals surface area contributed by atoms with Crippen LogP contribution in [0.1, 0.15) is 158 Å². The van der Waals surface area contributed by atoms with Gasteiger partial charge in [0.05, 0.1) is 43.7 Å². The van der Waals surface area contributed by atoms with Gasteiger partial charge in [0, 0.05) is 158 Å². The summed E-state index contributed by atoms with van der Waals surface area (Å²) in [5.74, 6) is -1.59. The third-order valence-electron chi connectivity index (χ3n) is 17.9. The number of imide groups is 1. The number of carbonyl (C=O) groups excluding carboxylic acids is 11. The monoisotopic (exact) mass is 1330 g/mol. The Morgan fingerprint density at radius 2 is 1.49 bits per heavy atom. The highest BCUT2D eigenvalue weighted by Gasteiger charge is 2.37. The van der Waals surface area contributed by atoms with E-state index in [1.165, 1.54) is 16.4 Å². The maximum Gasteiger partial charge on any atom is 0.279 e. The Hall–Kier alpha value is -9.42. The van der Waals surface area contributed by atoms with Crippen molar-refractivity contribution < 1.29 is 67.0 Å². The molecule has 24 nitrogen and oxygen atoms in total. The average Bonchev–Trinajstić information content (AvgIpc) is 1.71. The molecule has 6 aromatic rings. The molecule has 9 rings (SSSR count). The van der Waals surface area contributed by atoms with Gasteiger partial charge in [0.15, 0.2) is 17.4 Å². The molecule has 3 N–H and O–H groups in total. The van der Waals surface area contributed by atoms with Crippen LogP contribution in [0.2, 0.25) is 0 Å². The smallest absolute Gasteiger partial charge is 0.279 e. The Morgan fingerprint density at radius 3 is 2.20 bits per heavy atom. The molecule has 4 atom stereocenters. The van der Waals surface area contributed by atoms with Gasteiger partial charge in [-0.05, 0) is 124 Å². The summed E-state index contributed by atoms with van der Waals surface area (Å²) in [6.07, 6.45) is 11.9. The van der Waals surface area contributed by atoms with Crippen LogP contribution >= 0.6 is 0 Å². The summed E-state index contributed by atoms with van der Waals surface area (Å²) in [6, 6.07) is 14.1. The quantitative estimate of drug-likeness (QED) is 0.0155. The van der Waals surface area contributed by atoms with E-state index < -0.39 is 12.0 Å². The number of hydrogen-bond acceptors (Lipinski definition) is 15. The average molecular weight is 1330 g/mol. The Morgan fingerprint density at radius 1 is 0.753 bits per heavy atom. The largest absolute Gasteiger partial charge is 0.493 e. The highest BCUT2D eigenvalue weighted by molar-refractivity contribution is 6.04. The van der Waals surface area contributed by atoms with E-state index in [4.69, 9.17) is 14.2 Å². The van der Waals surface area contributed by atoms with Gasteiger partial charge in [-0.1, -0.05) is 39.0 Å². The summed E-state index contributed by atoms with van der Waals surface area (Å²) in [7, 11) is 5.41. The number of aryl methyl sites for hydroxylation is 6. The second-order valence-corrected chi connectivity index (χ2v) is 26.2. The molecule has 2 fully saturated rings. The zero-order valence-electron chi connectivity index (χ0n) is 57.5. The molecule has 7 heterocycles. The maximum atomic E-state index is 13.3. The van der Waals surface area contributed by atoms with Gasteiger partial charge < -0.3 is 48.8 Å². The summed E-state index contributed by atoms with van der Waals surface area (Å²) >= 11 is 0. The second-order valence-electron chi connectivity index (χ2n) is 26.2. The lowest BCUT2D eigenvalue weighted by Gasteiger charge is -2.22. The van der Waals surface area contributed by atoms with Gasteiger partial charge in [-0.2, -0.15) is 0 Å². The van der Waals surface area contributed by atoms with Crippen molar-refractivity contribution in [1.29, 1.82) is 0 Å². The summed E-state index contributed by atoms with van der Waals surface area (Å²) in [5, 5.41) is 9.03. The van der Waals surface area contributed by atoms with Crippen LogP contribution in [0.4, 0.5) is 11.5 Å². The van der Waals surface area contributed by atoms with Crippen molar-refractivity contribution in [3.05, 3.63) is 130 Å². The van der Waals surface area contributed by atoms with Crippen molar-refractivity contribution in [3.8, 4) is 5.75 Å². The van der Waals surface area contributed by atoms with Crippen LogP contribution < -0.4 is 20.7 Å². The molecule has 0 aliphatic carbocycles. The number of rotatable bonds is 32. The number of carbonyl (C=O) groups is 11. The van der Waals surface area contributed by atoms with E-state index in [0.29, 0.717) is 61.1 Å². The molecule has 6 amide bonds. The number of nitrogens with zero attached hydrogens (tertiary/aromatic N) is 7. The Bertz CT molecular complexity index is 3960. The second kappa shape index (κ2) is 33.5. The molecule has 1 unspecified atom stereocenters. The van der Waals surface area contributed by atoms with Crippen LogP contribution in [-0.2, 0) is 88.2 Å². The van der Waals surface area contributed by atoms with E-state index >= 15 is 0 Å². The van der Waals surface area contributed by atoms with Crippen LogP contribution in [0.25, 0.3) is 10.9 Å². The number of likely N-dealkylation sites (tertiary alicyclic amines) is 1. The Labute approximate surface area is 565 Å². The van der Waals surface area contributed by atoms with Crippen molar-refractivity contribution in [2.75, 3.05) is 56.8 Å². The number of ether oxygens (including phenoxy) is 3. The molecule has 24 heteroatoms. The minimum Gasteiger partial charge on any atom is -0.493 e. The van der Waals surface area contributed by atoms with Gasteiger partial charge in [0.25, 0.3) is 11.8 Å². The zero-order chi connectivity index (χ0) is 70.4. The fourth-order valence-corrected chi connectivity index (χ4v) is 12.4. The van der Waals surface area contributed by atoms with Crippen LogP contribution in [0.5, 0.6) is 5.75 Å². The Kier molecular flexibility index (Phi) is 25.3. The van der Waals surface area contributed by atoms with E-state index in [-0.39, 0.29) is 160 Å². The van der Waals surface area contributed by atoms with Crippen molar-refractivity contribution in [2.45, 2.75) is 144 Å². The highest BCUT2D eigenvalue weighted by Crippen LogP contribution is 2.35. The number of anilines is 2. The number of imidazole rings is 1. The predicted molar refractivity (Wildman–Crippen MR) is 364 cm³/mol. The molecule has 0 saturated carbocycles. The lowest BCUT2D eigenvalue weighted by Crippen LogP contribution is -2.44. The van der Waals surface area contributed by atoms with Crippen molar-refractivity contribution >= 4 is 86.9 Å². The van der Waals surface area contributed by atoms with Gasteiger partial charge in [-0.15, -0.1) is 0 Å². The number of fused-ring (bicyclic) bond motifs is 3. The molecule has 2 aromatic carbocycles. The number of benzene rings is 2. The first-order valence-electron chi connectivity index (χ1n) is 33.3. The zero-order valence-corrected chi connectivity index (χ0v) is 57.5. The molecule has 0 spiro atoms. The fraction of sp³-hybridized carbons (Fsp3) is 0.479. The number of amides is 6. The van der Waals surface area contributed by atoms with Crippen molar-refractivity contribution in [2.24, 2.45) is 38.9 Å². The van der Waals surface area contributed by atoms with E-state index in [9.17, 15) is 52.7 Å². The van der Waals surface area contributed by atoms with Crippen LogP contribution in [0.3, 0.4) is 0 Å². The summed E-state index contributed by atoms with van der Waals surface area (Å²) in [6.45, 7) is 18.7. The molecule has 2 saturated heterocycles. The molecule has 3 aliphatic heterocycles. The minimum atomic E-state index is -0.789. The van der Waals surface area contributed by atoms with Crippen molar-refractivity contribution in [1.82, 2.24) is 38.4 Å². The molecule has 97 heavy (non-hydrogen) atoms. The van der Waals surface area contributed by atoms with Crippen molar-refractivity contribution in [3.63, 3.8) is 0 Å². The van der Waals surface area contributed by atoms with Gasteiger partial charge >= 0.3 is 0 Å². The summed E-state index contributed by atoms with van der Waals surface area (Å²) in [5.41, 5.74) is 8.10. The lowest BCUT2D eigenvalue weighted by atomic mass is 9.88. The summed E-state index contributed by atoms with van der Waals surface area (Å²) in [4.78, 5) is 146. The molecule has 4 aromatic heterocycles. The van der Waals surface area contributed by atoms with Gasteiger partial charge in [0.1, 0.15) is 23.0 Å². The normalized spacial score (nSPS) is 15.8. The van der Waals surface area contributed by atoms with E-state index in [2.05, 4.69) is 27.5 Å². The first-order chi connectivity index (χ1) is 46.1. The number of ketones is 4. The van der Waals surface area contributed by atoms with Crippen LogP contribution in [-0.4, -0.2) is 156 Å². The molecular formula is C73H92N10O14.